The second-order valence-corrected chi connectivity index (χ2v) is 6.97. The summed E-state index contributed by atoms with van der Waals surface area (Å²) >= 11 is 0. The summed E-state index contributed by atoms with van der Waals surface area (Å²) < 4.78 is 11.4. The number of para-hydroxylation sites is 1. The molecule has 0 saturated heterocycles. The molecule has 6 nitrogen and oxygen atoms in total. The Labute approximate surface area is 159 Å². The lowest BCUT2D eigenvalue weighted by Gasteiger charge is -2.25. The Kier molecular flexibility index (Phi) is 5.07. The van der Waals surface area contributed by atoms with Gasteiger partial charge >= 0.3 is 0 Å². The maximum Gasteiger partial charge on any atom is 0.161 e. The Hall–Kier alpha value is -2.86. The SMILES string of the molecule is CC(C)C(NCc1cnn(-c2ccccc2)n1)c1ccc2c(c1)OCCO2. The zero-order chi connectivity index (χ0) is 18.6. The fourth-order valence-corrected chi connectivity index (χ4v) is 3.27. The molecule has 1 unspecified atom stereocenters. The molecule has 27 heavy (non-hydrogen) atoms. The van der Waals surface area contributed by atoms with Gasteiger partial charge in [-0.1, -0.05) is 38.1 Å². The van der Waals surface area contributed by atoms with Crippen LogP contribution in [0.3, 0.4) is 0 Å². The number of hydrogen-bond donors (Lipinski definition) is 1. The smallest absolute Gasteiger partial charge is 0.161 e. The van der Waals surface area contributed by atoms with Crippen LogP contribution in [0, 0.1) is 5.92 Å². The minimum atomic E-state index is 0.183. The first kappa shape index (κ1) is 17.5. The van der Waals surface area contributed by atoms with Crippen molar-refractivity contribution in [3.8, 4) is 17.2 Å². The van der Waals surface area contributed by atoms with Crippen LogP contribution in [0.2, 0.25) is 0 Å². The summed E-state index contributed by atoms with van der Waals surface area (Å²) in [5, 5.41) is 12.6. The third-order valence-electron chi connectivity index (χ3n) is 4.62. The molecule has 0 fully saturated rings. The molecule has 1 aliphatic heterocycles. The summed E-state index contributed by atoms with van der Waals surface area (Å²) in [5.41, 5.74) is 3.04. The topological polar surface area (TPSA) is 61.2 Å². The summed E-state index contributed by atoms with van der Waals surface area (Å²) in [7, 11) is 0. The molecule has 0 radical (unpaired) electrons. The van der Waals surface area contributed by atoms with Gasteiger partial charge in [-0.05, 0) is 35.7 Å². The van der Waals surface area contributed by atoms with Crippen molar-refractivity contribution in [3.05, 3.63) is 66.0 Å². The quantitative estimate of drug-likeness (QED) is 0.725. The molecular formula is C21H24N4O2. The number of rotatable bonds is 6. The minimum absolute atomic E-state index is 0.183. The van der Waals surface area contributed by atoms with Gasteiger partial charge in [-0.15, -0.1) is 0 Å². The van der Waals surface area contributed by atoms with Crippen molar-refractivity contribution >= 4 is 0 Å². The molecule has 4 rings (SSSR count). The first-order valence-corrected chi connectivity index (χ1v) is 9.30. The van der Waals surface area contributed by atoms with Gasteiger partial charge in [0.05, 0.1) is 17.6 Å². The van der Waals surface area contributed by atoms with Crippen LogP contribution >= 0.6 is 0 Å². The van der Waals surface area contributed by atoms with Gasteiger partial charge in [0.2, 0.25) is 0 Å². The van der Waals surface area contributed by atoms with Gasteiger partial charge in [0, 0.05) is 12.6 Å². The molecule has 1 atom stereocenters. The first-order valence-electron chi connectivity index (χ1n) is 9.30. The van der Waals surface area contributed by atoms with Gasteiger partial charge in [0.15, 0.2) is 11.5 Å². The maximum atomic E-state index is 5.73. The van der Waals surface area contributed by atoms with Gasteiger partial charge in [-0.2, -0.15) is 15.0 Å². The third-order valence-corrected chi connectivity index (χ3v) is 4.62. The van der Waals surface area contributed by atoms with Crippen molar-refractivity contribution in [2.75, 3.05) is 13.2 Å². The Balaban J connectivity index is 1.47. The van der Waals surface area contributed by atoms with Crippen LogP contribution < -0.4 is 14.8 Å². The number of benzene rings is 2. The highest BCUT2D eigenvalue weighted by atomic mass is 16.6. The molecule has 0 spiro atoms. The van der Waals surface area contributed by atoms with E-state index in [0.717, 1.165) is 22.9 Å². The molecule has 1 N–H and O–H groups in total. The van der Waals surface area contributed by atoms with Gasteiger partial charge in [0.25, 0.3) is 0 Å². The lowest BCUT2D eigenvalue weighted by Crippen LogP contribution is -2.26. The number of aromatic nitrogens is 3. The summed E-state index contributed by atoms with van der Waals surface area (Å²) in [4.78, 5) is 1.66. The van der Waals surface area contributed by atoms with Crippen molar-refractivity contribution in [1.29, 1.82) is 0 Å². The van der Waals surface area contributed by atoms with Crippen LogP contribution in [0.4, 0.5) is 0 Å². The van der Waals surface area contributed by atoms with Gasteiger partial charge < -0.3 is 14.8 Å². The summed E-state index contributed by atoms with van der Waals surface area (Å²) in [6.07, 6.45) is 1.81. The average Bonchev–Trinajstić information content (AvgIpc) is 3.17. The standard InChI is InChI=1S/C21H24N4O2/c1-15(2)21(16-8-9-19-20(12-16)27-11-10-26-19)22-13-17-14-23-25(24-17)18-6-4-3-5-7-18/h3-9,12,14-15,21-22H,10-11,13H2,1-2H3. The fraction of sp³-hybridized carbons (Fsp3) is 0.333. The van der Waals surface area contributed by atoms with E-state index in [2.05, 4.69) is 41.5 Å². The zero-order valence-electron chi connectivity index (χ0n) is 15.6. The molecule has 1 aliphatic rings. The molecule has 6 heteroatoms. The summed E-state index contributed by atoms with van der Waals surface area (Å²) in [5.74, 6) is 2.05. The van der Waals surface area contributed by atoms with Crippen molar-refractivity contribution in [1.82, 2.24) is 20.3 Å². The van der Waals surface area contributed by atoms with E-state index in [-0.39, 0.29) is 6.04 Å². The Morgan fingerprint density at radius 2 is 1.81 bits per heavy atom. The van der Waals surface area contributed by atoms with E-state index >= 15 is 0 Å². The highest BCUT2D eigenvalue weighted by Gasteiger charge is 2.19. The van der Waals surface area contributed by atoms with Crippen molar-refractivity contribution in [2.24, 2.45) is 5.92 Å². The molecule has 0 saturated carbocycles. The van der Waals surface area contributed by atoms with Crippen LogP contribution in [0.15, 0.2) is 54.7 Å². The number of nitrogens with one attached hydrogen (secondary N) is 1. The second-order valence-electron chi connectivity index (χ2n) is 6.97. The summed E-state index contributed by atoms with van der Waals surface area (Å²) in [6, 6.07) is 16.3. The van der Waals surface area contributed by atoms with E-state index in [1.165, 1.54) is 5.56 Å². The molecule has 0 amide bonds. The molecule has 140 valence electrons. The molecular weight excluding hydrogens is 340 g/mol. The lowest BCUT2D eigenvalue weighted by atomic mass is 9.95. The molecule has 0 aliphatic carbocycles. The highest BCUT2D eigenvalue weighted by molar-refractivity contribution is 5.44. The van der Waals surface area contributed by atoms with Crippen molar-refractivity contribution < 1.29 is 9.47 Å². The number of nitrogens with zero attached hydrogens (tertiary/aromatic N) is 3. The number of fused-ring (bicyclic) bond motifs is 1. The largest absolute Gasteiger partial charge is 0.486 e. The molecule has 1 aromatic heterocycles. The number of ether oxygens (including phenoxy) is 2. The minimum Gasteiger partial charge on any atom is -0.486 e. The van der Waals surface area contributed by atoms with Gasteiger partial charge in [-0.3, -0.25) is 0 Å². The molecule has 0 bridgehead atoms. The Bertz CT molecular complexity index is 892. The van der Waals surface area contributed by atoms with E-state index in [9.17, 15) is 0 Å². The van der Waals surface area contributed by atoms with Gasteiger partial charge in [0.1, 0.15) is 13.2 Å². The van der Waals surface area contributed by atoms with E-state index < -0.39 is 0 Å². The van der Waals surface area contributed by atoms with E-state index in [1.807, 2.05) is 36.4 Å². The summed E-state index contributed by atoms with van der Waals surface area (Å²) in [6.45, 7) is 6.25. The van der Waals surface area contributed by atoms with E-state index in [1.54, 1.807) is 11.0 Å². The molecule has 2 heterocycles. The van der Waals surface area contributed by atoms with Crippen LogP contribution in [-0.4, -0.2) is 28.2 Å². The van der Waals surface area contributed by atoms with Crippen LogP contribution in [-0.2, 0) is 6.54 Å². The van der Waals surface area contributed by atoms with Crippen molar-refractivity contribution in [3.63, 3.8) is 0 Å². The maximum absolute atomic E-state index is 5.73. The molecule has 3 aromatic rings. The monoisotopic (exact) mass is 364 g/mol. The van der Waals surface area contributed by atoms with Crippen molar-refractivity contribution in [2.45, 2.75) is 26.4 Å². The third kappa shape index (κ3) is 3.95. The van der Waals surface area contributed by atoms with Crippen LogP contribution in [0.25, 0.3) is 5.69 Å². The molecule has 2 aromatic carbocycles. The number of hydrogen-bond acceptors (Lipinski definition) is 5. The lowest BCUT2D eigenvalue weighted by molar-refractivity contribution is 0.171. The van der Waals surface area contributed by atoms with E-state index in [0.29, 0.717) is 25.7 Å². The first-order chi connectivity index (χ1) is 13.2. The second kappa shape index (κ2) is 7.80. The van der Waals surface area contributed by atoms with E-state index in [4.69, 9.17) is 9.47 Å². The average molecular weight is 364 g/mol. The normalized spacial score (nSPS) is 14.3. The predicted molar refractivity (Wildman–Crippen MR) is 103 cm³/mol. The van der Waals surface area contributed by atoms with Gasteiger partial charge in [-0.25, -0.2) is 0 Å². The predicted octanol–water partition coefficient (Wildman–Crippen LogP) is 3.53. The highest BCUT2D eigenvalue weighted by Crippen LogP contribution is 2.34. The Morgan fingerprint density at radius 1 is 1.04 bits per heavy atom. The van der Waals surface area contributed by atoms with Crippen LogP contribution in [0.5, 0.6) is 11.5 Å². The fourth-order valence-electron chi connectivity index (χ4n) is 3.27. The zero-order valence-corrected chi connectivity index (χ0v) is 15.6. The van der Waals surface area contributed by atoms with Crippen LogP contribution in [0.1, 0.15) is 31.1 Å². The Morgan fingerprint density at radius 3 is 2.59 bits per heavy atom.